The van der Waals surface area contributed by atoms with Crippen LogP contribution < -0.4 is 29.6 Å². The molecule has 19 heavy (non-hydrogen) atoms. The first-order chi connectivity index (χ1) is 8.58. The molecule has 0 N–H and O–H groups in total. The molecule has 0 unspecified atom stereocenters. The van der Waals surface area contributed by atoms with Gasteiger partial charge in [-0.2, -0.15) is 0 Å². The summed E-state index contributed by atoms with van der Waals surface area (Å²) in [4.78, 5) is 1.65. The van der Waals surface area contributed by atoms with E-state index in [2.05, 4.69) is 19.7 Å². The predicted octanol–water partition coefficient (Wildman–Crippen LogP) is -5.97. The first-order valence-corrected chi connectivity index (χ1v) is 4.55. The maximum Gasteiger partial charge on any atom is 0.175 e. The van der Waals surface area contributed by atoms with E-state index >= 15 is 0 Å². The molecule has 2 aromatic rings. The average molecular weight is 444 g/mol. The maximum atomic E-state index is 9.76. The summed E-state index contributed by atoms with van der Waals surface area (Å²) in [6, 6.07) is 3.09. The van der Waals surface area contributed by atoms with Gasteiger partial charge in [0.15, 0.2) is 14.6 Å². The molecule has 0 saturated heterocycles. The van der Waals surface area contributed by atoms with Crippen molar-refractivity contribution in [2.24, 2.45) is 0 Å². The van der Waals surface area contributed by atoms with E-state index in [1.165, 1.54) is 24.8 Å². The Bertz CT molecular complexity index is 373. The number of hydrogen-bond acceptors (Lipinski definition) is 8. The molecule has 105 valence electrons. The van der Waals surface area contributed by atoms with Crippen molar-refractivity contribution in [2.45, 2.75) is 0 Å². The third kappa shape index (κ3) is 8.37. The molecule has 0 fully saturated rings. The van der Waals surface area contributed by atoms with E-state index < -0.39 is 14.6 Å². The standard InChI is InChI=1S/2C3H3BN2O3.Ir/c2*7-4(8)9-6-3-1-2-5-6;/h2*1-3H;/q2*-2;. The van der Waals surface area contributed by atoms with Crippen LogP contribution >= 0.6 is 0 Å². The molecule has 0 aliphatic carbocycles. The molecular formula is C6H6B2IrN4O6-4. The Kier molecular flexibility index (Phi) is 8.87. The summed E-state index contributed by atoms with van der Waals surface area (Å²) in [5.74, 6) is 0. The Morgan fingerprint density at radius 1 is 0.789 bits per heavy atom. The van der Waals surface area contributed by atoms with Gasteiger partial charge in [0.05, 0.1) is 24.8 Å². The number of hydrogen-bond donors (Lipinski definition) is 0. The predicted molar refractivity (Wildman–Crippen MR) is 49.1 cm³/mol. The maximum absolute atomic E-state index is 9.76. The molecule has 1 radical (unpaired) electrons. The van der Waals surface area contributed by atoms with Crippen LogP contribution in [0.4, 0.5) is 0 Å². The molecule has 0 aliphatic heterocycles. The van der Waals surface area contributed by atoms with Gasteiger partial charge >= 0.3 is 0 Å². The Balaban J connectivity index is 0.000000324. The third-order valence-corrected chi connectivity index (χ3v) is 1.35. The summed E-state index contributed by atoms with van der Waals surface area (Å²) in [7, 11) is -4.63. The molecule has 13 heteroatoms. The average Bonchev–Trinajstić information content (AvgIpc) is 2.90. The first-order valence-electron chi connectivity index (χ1n) is 4.55. The van der Waals surface area contributed by atoms with Gasteiger partial charge in [0.2, 0.25) is 0 Å². The van der Waals surface area contributed by atoms with E-state index in [9.17, 15) is 20.1 Å². The fourth-order valence-electron chi connectivity index (χ4n) is 0.811. The largest absolute Gasteiger partial charge is 0.858 e. The van der Waals surface area contributed by atoms with Gasteiger partial charge in [-0.3, -0.25) is 0 Å². The SMILES string of the molecule is [Ir].[O-]B([O-])On1cccn1.[O-]B([O-])On1cccn1. The van der Waals surface area contributed by atoms with Crippen molar-refractivity contribution in [3.05, 3.63) is 36.9 Å². The van der Waals surface area contributed by atoms with E-state index in [-0.39, 0.29) is 20.1 Å². The zero-order valence-corrected chi connectivity index (χ0v) is 11.6. The topological polar surface area (TPSA) is 146 Å². The van der Waals surface area contributed by atoms with Crippen molar-refractivity contribution in [1.82, 2.24) is 19.9 Å². The van der Waals surface area contributed by atoms with E-state index in [4.69, 9.17) is 0 Å². The van der Waals surface area contributed by atoms with Gasteiger partial charge in [-0.1, -0.05) is 0 Å². The number of rotatable bonds is 4. The molecule has 0 amide bonds. The minimum absolute atomic E-state index is 0. The Morgan fingerprint density at radius 3 is 1.37 bits per heavy atom. The normalized spacial score (nSPS) is 8.63. The van der Waals surface area contributed by atoms with Crippen LogP contribution in [0.25, 0.3) is 0 Å². The molecule has 0 aromatic carbocycles. The first kappa shape index (κ1) is 17.6. The molecule has 0 saturated carbocycles. The van der Waals surface area contributed by atoms with Crippen molar-refractivity contribution in [3.8, 4) is 0 Å². The van der Waals surface area contributed by atoms with Crippen molar-refractivity contribution in [1.29, 1.82) is 0 Å². The molecule has 0 atom stereocenters. The summed E-state index contributed by atoms with van der Waals surface area (Å²) >= 11 is 0. The summed E-state index contributed by atoms with van der Waals surface area (Å²) < 4.78 is 8.10. The van der Waals surface area contributed by atoms with Crippen molar-refractivity contribution < 1.29 is 49.7 Å². The van der Waals surface area contributed by atoms with E-state index in [0.29, 0.717) is 0 Å². The summed E-state index contributed by atoms with van der Waals surface area (Å²) in [6.45, 7) is 0. The number of nitrogens with zero attached hydrogens (tertiary/aromatic N) is 4. The summed E-state index contributed by atoms with van der Waals surface area (Å²) in [5.41, 5.74) is 0. The Morgan fingerprint density at radius 2 is 1.16 bits per heavy atom. The molecular weight excluding hydrogens is 438 g/mol. The fourth-order valence-corrected chi connectivity index (χ4v) is 0.811. The minimum Gasteiger partial charge on any atom is -0.858 e. The van der Waals surface area contributed by atoms with Crippen LogP contribution in [0.2, 0.25) is 0 Å². The molecule has 0 spiro atoms. The third-order valence-electron chi connectivity index (χ3n) is 1.35. The van der Waals surface area contributed by atoms with Crippen LogP contribution in [0, 0.1) is 0 Å². The second-order valence-electron chi connectivity index (χ2n) is 2.61. The van der Waals surface area contributed by atoms with Crippen LogP contribution in [0.1, 0.15) is 0 Å². The van der Waals surface area contributed by atoms with Crippen molar-refractivity contribution in [3.63, 3.8) is 0 Å². The van der Waals surface area contributed by atoms with Crippen LogP contribution in [-0.4, -0.2) is 34.5 Å². The van der Waals surface area contributed by atoms with E-state index in [1.54, 1.807) is 12.1 Å². The van der Waals surface area contributed by atoms with Gasteiger partial charge in [0, 0.05) is 20.1 Å². The van der Waals surface area contributed by atoms with Crippen LogP contribution in [0.3, 0.4) is 0 Å². The second-order valence-corrected chi connectivity index (χ2v) is 2.61. The van der Waals surface area contributed by atoms with Gasteiger partial charge in [0.25, 0.3) is 0 Å². The monoisotopic (exact) mass is 445 g/mol. The van der Waals surface area contributed by atoms with Crippen molar-refractivity contribution >= 4 is 14.6 Å². The fraction of sp³-hybridized carbons (Fsp3) is 0. The van der Waals surface area contributed by atoms with Crippen LogP contribution in [0.15, 0.2) is 36.9 Å². The zero-order chi connectivity index (χ0) is 13.4. The number of aromatic nitrogens is 4. The summed E-state index contributed by atoms with van der Waals surface area (Å²) in [6.07, 6.45) is 5.54. The molecule has 2 aromatic heterocycles. The smallest absolute Gasteiger partial charge is 0.175 e. The second kappa shape index (κ2) is 9.55. The van der Waals surface area contributed by atoms with Gasteiger partial charge in [-0.25, -0.2) is 0 Å². The van der Waals surface area contributed by atoms with Gasteiger partial charge in [-0.15, -0.1) is 19.9 Å². The minimum atomic E-state index is -2.31. The molecule has 10 nitrogen and oxygen atoms in total. The molecule has 2 rings (SSSR count). The summed E-state index contributed by atoms with van der Waals surface area (Å²) in [5, 5.41) is 45.9. The zero-order valence-electron chi connectivity index (χ0n) is 9.19. The van der Waals surface area contributed by atoms with Gasteiger partial charge < -0.3 is 29.6 Å². The molecule has 2 heterocycles. The quantitative estimate of drug-likeness (QED) is 0.424. The van der Waals surface area contributed by atoms with Crippen LogP contribution in [-0.2, 0) is 20.1 Å². The van der Waals surface area contributed by atoms with Crippen LogP contribution in [0.5, 0.6) is 0 Å². The Labute approximate surface area is 121 Å². The van der Waals surface area contributed by atoms with Crippen molar-refractivity contribution in [2.75, 3.05) is 0 Å². The van der Waals surface area contributed by atoms with Gasteiger partial charge in [-0.05, 0) is 12.1 Å². The molecule has 0 aliphatic rings. The van der Waals surface area contributed by atoms with E-state index in [0.717, 1.165) is 9.69 Å². The Hall–Kier alpha value is -1.36. The molecule has 0 bridgehead atoms. The van der Waals surface area contributed by atoms with Gasteiger partial charge in [0.1, 0.15) is 0 Å². The van der Waals surface area contributed by atoms with E-state index in [1.807, 2.05) is 0 Å².